The van der Waals surface area contributed by atoms with Gasteiger partial charge in [-0.3, -0.25) is 9.78 Å². The lowest BCUT2D eigenvalue weighted by Gasteiger charge is -2.33. The van der Waals surface area contributed by atoms with Crippen molar-refractivity contribution in [1.29, 1.82) is 0 Å². The number of piperidine rings is 1. The lowest BCUT2D eigenvalue weighted by Crippen LogP contribution is -2.40. The Kier molecular flexibility index (Phi) is 7.34. The summed E-state index contributed by atoms with van der Waals surface area (Å²) in [7, 11) is 0. The van der Waals surface area contributed by atoms with Gasteiger partial charge < -0.3 is 15.3 Å². The van der Waals surface area contributed by atoms with Crippen LogP contribution in [0.2, 0.25) is 0 Å². The molecule has 5 rings (SSSR count). The second kappa shape index (κ2) is 10.7. The molecular formula is C26H31F3N6O2. The third-order valence-corrected chi connectivity index (χ3v) is 7.37. The quantitative estimate of drug-likeness (QED) is 0.446. The number of rotatable bonds is 7. The number of hydrogen-bond donors (Lipinski definition) is 3. The molecule has 0 radical (unpaired) electrons. The van der Waals surface area contributed by atoms with Gasteiger partial charge in [0, 0.05) is 37.3 Å². The Balaban J connectivity index is 1.10. The lowest BCUT2D eigenvalue weighted by atomic mass is 9.95. The molecule has 4 heterocycles. The number of aliphatic hydroxyl groups is 1. The number of halogens is 3. The van der Waals surface area contributed by atoms with Gasteiger partial charge >= 0.3 is 6.18 Å². The fraction of sp³-hybridized carbons (Fsp3) is 0.500. The smallest absolute Gasteiger partial charge is 0.387 e. The number of pyridine rings is 1. The molecule has 37 heavy (non-hydrogen) atoms. The van der Waals surface area contributed by atoms with Crippen molar-refractivity contribution in [1.82, 2.24) is 30.2 Å². The minimum absolute atomic E-state index is 0.00589. The summed E-state index contributed by atoms with van der Waals surface area (Å²) in [4.78, 5) is 19.0. The van der Waals surface area contributed by atoms with E-state index in [9.17, 15) is 23.1 Å². The summed E-state index contributed by atoms with van der Waals surface area (Å²) >= 11 is 0. The Morgan fingerprint density at radius 3 is 2.46 bits per heavy atom. The van der Waals surface area contributed by atoms with E-state index in [0.29, 0.717) is 37.4 Å². The van der Waals surface area contributed by atoms with Gasteiger partial charge in [-0.25, -0.2) is 9.90 Å². The number of amides is 1. The molecule has 3 N–H and O–H groups in total. The third kappa shape index (κ3) is 6.04. The van der Waals surface area contributed by atoms with Crippen LogP contribution in [0.4, 0.5) is 13.2 Å². The molecule has 0 aliphatic carbocycles. The highest BCUT2D eigenvalue weighted by Gasteiger charge is 2.34. The average molecular weight is 517 g/mol. The molecule has 3 aromatic rings. The number of aromatic amines is 1. The van der Waals surface area contributed by atoms with Crippen LogP contribution in [0, 0.1) is 0 Å². The number of nitrogens with zero attached hydrogens (tertiary/aromatic N) is 4. The van der Waals surface area contributed by atoms with E-state index in [1.165, 1.54) is 0 Å². The molecule has 2 aliphatic heterocycles. The zero-order valence-corrected chi connectivity index (χ0v) is 20.4. The standard InChI is InChI=1S/C26H31F3N6O2/c27-26(28,29)16-35-24(32-33-35)19-10-12-34(13-11-19)25(37)22-8-6-17(15-30-22)14-20-7-9-21(31-20)23(36)18-4-2-1-3-5-18/h1-6,8,15,19-21,23,31,33,36H,7,9-14,16H2/t20-,21+,23+/m0/s1. The largest absolute Gasteiger partial charge is 0.408 e. The van der Waals surface area contributed by atoms with Gasteiger partial charge in [-0.1, -0.05) is 36.4 Å². The number of carbonyl (C=O) groups is 1. The molecule has 0 spiro atoms. The molecule has 2 saturated heterocycles. The molecule has 1 aromatic carbocycles. The molecule has 11 heteroatoms. The van der Waals surface area contributed by atoms with Crippen LogP contribution < -0.4 is 5.32 Å². The molecular weight excluding hydrogens is 485 g/mol. The van der Waals surface area contributed by atoms with Crippen molar-refractivity contribution in [2.45, 2.75) is 68.9 Å². The van der Waals surface area contributed by atoms with E-state index in [1.54, 1.807) is 17.2 Å². The van der Waals surface area contributed by atoms with Crippen molar-refractivity contribution in [2.75, 3.05) is 13.1 Å². The van der Waals surface area contributed by atoms with E-state index >= 15 is 0 Å². The summed E-state index contributed by atoms with van der Waals surface area (Å²) in [6.45, 7) is -0.183. The maximum Gasteiger partial charge on any atom is 0.408 e. The van der Waals surface area contributed by atoms with E-state index in [1.807, 2.05) is 36.4 Å². The van der Waals surface area contributed by atoms with Crippen LogP contribution in [-0.4, -0.2) is 67.2 Å². The zero-order chi connectivity index (χ0) is 26.0. The SMILES string of the molecule is O=C(c1ccc(C[C@@H]2CC[C@H]([C@H](O)c3ccccc3)N2)cn1)N1CCC(c2n[nH]n2CC(F)(F)F)CC1. The van der Waals surface area contributed by atoms with Gasteiger partial charge in [-0.15, -0.1) is 5.10 Å². The molecule has 2 aliphatic rings. The number of aliphatic hydroxyl groups excluding tert-OH is 1. The lowest BCUT2D eigenvalue weighted by molar-refractivity contribution is -0.145. The Morgan fingerprint density at radius 2 is 1.84 bits per heavy atom. The molecule has 0 unspecified atom stereocenters. The number of likely N-dealkylation sites (tertiary alicyclic amines) is 1. The second-order valence-corrected chi connectivity index (χ2v) is 10.00. The molecule has 198 valence electrons. The summed E-state index contributed by atoms with van der Waals surface area (Å²) in [5.41, 5.74) is 2.29. The summed E-state index contributed by atoms with van der Waals surface area (Å²) < 4.78 is 39.0. The number of benzene rings is 1. The Hall–Kier alpha value is -3.18. The first-order chi connectivity index (χ1) is 17.8. The van der Waals surface area contributed by atoms with Gasteiger partial charge in [0.25, 0.3) is 5.91 Å². The van der Waals surface area contributed by atoms with Crippen molar-refractivity contribution in [3.63, 3.8) is 0 Å². The van der Waals surface area contributed by atoms with Gasteiger partial charge in [0.05, 0.1) is 6.10 Å². The summed E-state index contributed by atoms with van der Waals surface area (Å²) in [5.74, 6) is 0.132. The Labute approximate surface area is 212 Å². The highest BCUT2D eigenvalue weighted by molar-refractivity contribution is 5.92. The van der Waals surface area contributed by atoms with E-state index in [0.717, 1.165) is 35.1 Å². The van der Waals surface area contributed by atoms with Crippen LogP contribution in [0.15, 0.2) is 48.7 Å². The fourth-order valence-electron chi connectivity index (χ4n) is 5.39. The number of aromatic nitrogens is 4. The van der Waals surface area contributed by atoms with Crippen LogP contribution in [0.3, 0.4) is 0 Å². The van der Waals surface area contributed by atoms with Crippen molar-refractivity contribution >= 4 is 5.91 Å². The number of alkyl halides is 3. The number of nitrogens with one attached hydrogen (secondary N) is 2. The van der Waals surface area contributed by atoms with E-state index in [-0.39, 0.29) is 23.9 Å². The first-order valence-corrected chi connectivity index (χ1v) is 12.7. The highest BCUT2D eigenvalue weighted by atomic mass is 19.4. The maximum atomic E-state index is 12.9. The summed E-state index contributed by atoms with van der Waals surface area (Å²) in [5, 5.41) is 20.5. The zero-order valence-electron chi connectivity index (χ0n) is 20.4. The van der Waals surface area contributed by atoms with Crippen LogP contribution in [0.25, 0.3) is 0 Å². The normalized spacial score (nSPS) is 21.9. The van der Waals surface area contributed by atoms with Crippen molar-refractivity contribution in [3.8, 4) is 0 Å². The second-order valence-electron chi connectivity index (χ2n) is 10.00. The first-order valence-electron chi connectivity index (χ1n) is 12.7. The molecule has 1 amide bonds. The van der Waals surface area contributed by atoms with E-state index in [2.05, 4.69) is 20.6 Å². The van der Waals surface area contributed by atoms with Crippen LogP contribution in [0.1, 0.15) is 65.1 Å². The van der Waals surface area contributed by atoms with Gasteiger partial charge in [-0.05, 0) is 49.3 Å². The van der Waals surface area contributed by atoms with Gasteiger partial charge in [0.1, 0.15) is 18.1 Å². The van der Waals surface area contributed by atoms with Crippen molar-refractivity contribution < 1.29 is 23.1 Å². The molecule has 0 bridgehead atoms. The predicted octanol–water partition coefficient (Wildman–Crippen LogP) is 3.59. The average Bonchev–Trinajstić information content (AvgIpc) is 3.35. The van der Waals surface area contributed by atoms with Crippen LogP contribution in [-0.2, 0) is 13.0 Å². The molecule has 2 fully saturated rings. The minimum Gasteiger partial charge on any atom is -0.387 e. The molecule has 0 saturated carbocycles. The molecule has 3 atom stereocenters. The van der Waals surface area contributed by atoms with Crippen molar-refractivity contribution in [2.24, 2.45) is 0 Å². The monoisotopic (exact) mass is 516 g/mol. The number of H-pyrrole nitrogens is 1. The van der Waals surface area contributed by atoms with Crippen LogP contribution >= 0.6 is 0 Å². The van der Waals surface area contributed by atoms with Gasteiger partial charge in [0.2, 0.25) is 0 Å². The van der Waals surface area contributed by atoms with E-state index < -0.39 is 18.8 Å². The van der Waals surface area contributed by atoms with Crippen molar-refractivity contribution in [3.05, 3.63) is 71.3 Å². The summed E-state index contributed by atoms with van der Waals surface area (Å²) in [6, 6.07) is 13.5. The number of carbonyl (C=O) groups excluding carboxylic acids is 1. The first kappa shape index (κ1) is 25.5. The van der Waals surface area contributed by atoms with Crippen LogP contribution in [0.5, 0.6) is 0 Å². The predicted molar refractivity (Wildman–Crippen MR) is 130 cm³/mol. The minimum atomic E-state index is -4.30. The highest BCUT2D eigenvalue weighted by Crippen LogP contribution is 2.30. The number of hydrogen-bond acceptors (Lipinski definition) is 5. The third-order valence-electron chi connectivity index (χ3n) is 7.37. The maximum absolute atomic E-state index is 12.9. The Morgan fingerprint density at radius 1 is 1.08 bits per heavy atom. The summed E-state index contributed by atoms with van der Waals surface area (Å²) in [6.07, 6.45) is 0.588. The fourth-order valence-corrected chi connectivity index (χ4v) is 5.39. The topological polar surface area (TPSA) is 99.1 Å². The van der Waals surface area contributed by atoms with Gasteiger partial charge in [0.15, 0.2) is 0 Å². The molecule has 8 nitrogen and oxygen atoms in total. The Bertz CT molecular complexity index is 1170. The van der Waals surface area contributed by atoms with E-state index in [4.69, 9.17) is 0 Å². The molecule has 2 aromatic heterocycles. The van der Waals surface area contributed by atoms with Gasteiger partial charge in [-0.2, -0.15) is 13.2 Å².